The number of benzene rings is 2. The Morgan fingerprint density at radius 1 is 1.30 bits per heavy atom. The van der Waals surface area contributed by atoms with Gasteiger partial charge in [0.2, 0.25) is 0 Å². The number of aromatic nitrogens is 2. The number of carbonyl (C=O) groups is 1. The minimum absolute atomic E-state index is 0.0738. The summed E-state index contributed by atoms with van der Waals surface area (Å²) < 4.78 is 11.1. The van der Waals surface area contributed by atoms with Crippen LogP contribution in [0.25, 0.3) is 5.69 Å². The zero-order valence-electron chi connectivity index (χ0n) is 16.8. The molecular formula is C23H22ClIN3O2-. The molecule has 1 amide bonds. The number of fused-ring (bicyclic) bond motifs is 3. The first-order chi connectivity index (χ1) is 14.5. The summed E-state index contributed by atoms with van der Waals surface area (Å²) in [5.74, 6) is 1.05. The molecule has 0 spiro atoms. The number of ether oxygens (including phenoxy) is 1. The molecule has 1 aromatic heterocycles. The molecule has 5 rings (SSSR count). The second kappa shape index (κ2) is 7.89. The van der Waals surface area contributed by atoms with E-state index >= 15 is 0 Å². The number of hydrogen-bond donors (Lipinski definition) is 0. The van der Waals surface area contributed by atoms with E-state index in [9.17, 15) is 4.79 Å². The van der Waals surface area contributed by atoms with Crippen LogP contribution in [-0.2, 0) is 6.42 Å². The summed E-state index contributed by atoms with van der Waals surface area (Å²) >= 11 is 6.43. The zero-order chi connectivity index (χ0) is 20.8. The molecule has 5 nitrogen and oxygen atoms in total. The van der Waals surface area contributed by atoms with Gasteiger partial charge in [0.15, 0.2) is 0 Å². The zero-order valence-corrected chi connectivity index (χ0v) is 19.7. The van der Waals surface area contributed by atoms with Gasteiger partial charge in [-0.25, -0.2) is 0 Å². The van der Waals surface area contributed by atoms with Crippen LogP contribution in [0.15, 0.2) is 48.8 Å². The SMILES string of the molecule is Cc1c(Cc2ccc(-n3cccn3)cc2)cc2c(c1Cl)OC[C@@H]1C[I-]N(C2=O)C1C. The normalized spacial score (nSPS) is 20.8. The van der Waals surface area contributed by atoms with Gasteiger partial charge in [-0.3, -0.25) is 0 Å². The molecule has 7 heteroatoms. The fourth-order valence-electron chi connectivity index (χ4n) is 3.98. The minimum atomic E-state index is -0.290. The van der Waals surface area contributed by atoms with Crippen molar-refractivity contribution in [2.45, 2.75) is 26.3 Å². The fraction of sp³-hybridized carbons (Fsp3) is 0.304. The quantitative estimate of drug-likeness (QED) is 0.289. The second-order valence-corrected chi connectivity index (χ2v) is 10.8. The van der Waals surface area contributed by atoms with E-state index in [0.717, 1.165) is 26.8 Å². The van der Waals surface area contributed by atoms with Crippen molar-refractivity contribution in [1.82, 2.24) is 12.9 Å². The van der Waals surface area contributed by atoms with Crippen molar-refractivity contribution in [2.24, 2.45) is 5.92 Å². The third-order valence-corrected chi connectivity index (χ3v) is 10.0. The third kappa shape index (κ3) is 3.39. The number of hydrogen-bond acceptors (Lipinski definition) is 3. The molecule has 0 N–H and O–H groups in total. The number of amides is 1. The van der Waals surface area contributed by atoms with E-state index in [1.807, 2.05) is 29.9 Å². The first kappa shape index (κ1) is 19.9. The van der Waals surface area contributed by atoms with Crippen LogP contribution in [0.4, 0.5) is 0 Å². The van der Waals surface area contributed by atoms with Crippen LogP contribution in [0, 0.1) is 12.8 Å². The monoisotopic (exact) mass is 534 g/mol. The Balaban J connectivity index is 1.49. The van der Waals surface area contributed by atoms with E-state index < -0.39 is 0 Å². The number of halogens is 2. The molecule has 0 aliphatic carbocycles. The standard InChI is InChI=1S/C23H22ClIN3O2/c1-14-17(10-16-4-6-19(7-5-16)27-9-3-8-26-27)11-20-22(21(14)24)30-13-18-12-25-28(15(18)2)23(20)29/h3-9,11,15,18H,10,12-13H2,1-2H3/q-1/t15?,18-/m0/s1. The topological polar surface area (TPSA) is 47.4 Å². The Labute approximate surface area is 191 Å². The predicted octanol–water partition coefficient (Wildman–Crippen LogP) is 1.28. The first-order valence-electron chi connectivity index (χ1n) is 9.99. The molecule has 3 aromatic rings. The van der Waals surface area contributed by atoms with Gasteiger partial charge in [-0.15, -0.1) is 0 Å². The van der Waals surface area contributed by atoms with E-state index in [-0.39, 0.29) is 33.4 Å². The van der Waals surface area contributed by atoms with Gasteiger partial charge in [0, 0.05) is 6.20 Å². The molecule has 2 bridgehead atoms. The maximum absolute atomic E-state index is 13.3. The maximum atomic E-state index is 13.3. The van der Waals surface area contributed by atoms with Gasteiger partial charge < -0.3 is 0 Å². The summed E-state index contributed by atoms with van der Waals surface area (Å²) in [6.07, 6.45) is 4.40. The van der Waals surface area contributed by atoms with E-state index in [1.54, 1.807) is 6.20 Å². The number of alkyl halides is 1. The average Bonchev–Trinajstić information content (AvgIpc) is 3.41. The van der Waals surface area contributed by atoms with Gasteiger partial charge in [-0.1, -0.05) is 0 Å². The molecule has 3 heterocycles. The molecule has 156 valence electrons. The number of nitrogens with zero attached hydrogens (tertiary/aromatic N) is 3. The molecular weight excluding hydrogens is 513 g/mol. The average molecular weight is 535 g/mol. The summed E-state index contributed by atoms with van der Waals surface area (Å²) in [7, 11) is 0. The Morgan fingerprint density at radius 3 is 2.83 bits per heavy atom. The van der Waals surface area contributed by atoms with Crippen molar-refractivity contribution >= 4 is 17.5 Å². The molecule has 30 heavy (non-hydrogen) atoms. The molecule has 2 aliphatic rings. The third-order valence-electron chi connectivity index (χ3n) is 5.98. The Hall–Kier alpha value is -2.06. The number of rotatable bonds is 3. The summed E-state index contributed by atoms with van der Waals surface area (Å²) in [6, 6.07) is 12.4. The van der Waals surface area contributed by atoms with Crippen LogP contribution >= 0.6 is 11.6 Å². The molecule has 2 aliphatic heterocycles. The van der Waals surface area contributed by atoms with Crippen LogP contribution in [0.1, 0.15) is 34.0 Å². The van der Waals surface area contributed by atoms with Gasteiger partial charge in [-0.05, 0) is 6.07 Å². The van der Waals surface area contributed by atoms with Gasteiger partial charge in [0.05, 0.1) is 0 Å². The van der Waals surface area contributed by atoms with Crippen molar-refractivity contribution in [3.63, 3.8) is 0 Å². The Morgan fingerprint density at radius 2 is 2.10 bits per heavy atom. The van der Waals surface area contributed by atoms with Crippen LogP contribution < -0.4 is 26.2 Å². The van der Waals surface area contributed by atoms with Crippen molar-refractivity contribution in [2.75, 3.05) is 11.0 Å². The van der Waals surface area contributed by atoms with Gasteiger partial charge in [0.25, 0.3) is 0 Å². The van der Waals surface area contributed by atoms with Crippen LogP contribution in [-0.4, -0.2) is 35.9 Å². The predicted molar refractivity (Wildman–Crippen MR) is 112 cm³/mol. The summed E-state index contributed by atoms with van der Waals surface area (Å²) in [5.41, 5.74) is 4.82. The van der Waals surface area contributed by atoms with Crippen LogP contribution in [0.2, 0.25) is 5.02 Å². The van der Waals surface area contributed by atoms with E-state index in [0.29, 0.717) is 35.3 Å². The van der Waals surface area contributed by atoms with Crippen molar-refractivity contribution < 1.29 is 31.0 Å². The summed E-state index contributed by atoms with van der Waals surface area (Å²) in [6.45, 7) is 4.78. The van der Waals surface area contributed by atoms with E-state index in [1.165, 1.54) is 0 Å². The second-order valence-electron chi connectivity index (χ2n) is 7.85. The molecule has 2 aromatic carbocycles. The fourth-order valence-corrected chi connectivity index (χ4v) is 7.83. The molecule has 0 saturated carbocycles. The van der Waals surface area contributed by atoms with Crippen molar-refractivity contribution in [3.8, 4) is 11.4 Å². The molecule has 0 radical (unpaired) electrons. The number of carbonyl (C=O) groups excluding carboxylic acids is 1. The first-order valence-corrected chi connectivity index (χ1v) is 12.9. The molecule has 1 fully saturated rings. The Kier molecular flexibility index (Phi) is 5.23. The molecule has 2 atom stereocenters. The van der Waals surface area contributed by atoms with Crippen molar-refractivity contribution in [3.05, 3.63) is 76.1 Å². The van der Waals surface area contributed by atoms with E-state index in [4.69, 9.17) is 16.3 Å². The summed E-state index contributed by atoms with van der Waals surface area (Å²) in [5, 5.41) is 4.84. The van der Waals surface area contributed by atoms with Crippen molar-refractivity contribution in [1.29, 1.82) is 0 Å². The van der Waals surface area contributed by atoms with Gasteiger partial charge in [0.1, 0.15) is 0 Å². The van der Waals surface area contributed by atoms with Gasteiger partial charge in [-0.2, -0.15) is 0 Å². The van der Waals surface area contributed by atoms with Crippen LogP contribution in [0.5, 0.6) is 5.75 Å². The van der Waals surface area contributed by atoms with Gasteiger partial charge >= 0.3 is 180 Å². The van der Waals surface area contributed by atoms with E-state index in [2.05, 4.69) is 39.4 Å². The summed E-state index contributed by atoms with van der Waals surface area (Å²) in [4.78, 5) is 13.3. The molecule has 1 unspecified atom stereocenters. The van der Waals surface area contributed by atoms with Crippen LogP contribution in [0.3, 0.4) is 0 Å². The molecule has 1 saturated heterocycles. The Bertz CT molecular complexity index is 1100.